The Morgan fingerprint density at radius 3 is 1.02 bits per heavy atom. The van der Waals surface area contributed by atoms with Gasteiger partial charge in [-0.2, -0.15) is 0 Å². The number of rotatable bonds is 38. The Bertz CT molecular complexity index is 1110. The smallest absolute Gasteiger partial charge is 0.550 e. The molecule has 0 amide bonds. The molecule has 0 spiro atoms. The van der Waals surface area contributed by atoms with Crippen molar-refractivity contribution in [2.45, 2.75) is 231 Å². The molecule has 0 fully saturated rings. The Morgan fingerprint density at radius 1 is 0.475 bits per heavy atom. The minimum Gasteiger partial charge on any atom is -0.550 e. The van der Waals surface area contributed by atoms with Crippen molar-refractivity contribution in [3.63, 3.8) is 0 Å². The SMILES string of the molecule is CCC(CC(O)CCCCCCCCCCCCC(=O)[O-])OCc1ccccc1.CCC(CC(O)CCCCCCCCCCCCC(=O)[O-])OCc1ccccc1.[Ba+2]. The molecule has 4 unspecified atom stereocenters. The van der Waals surface area contributed by atoms with E-state index in [1.165, 1.54) is 88.2 Å². The topological polar surface area (TPSA) is 139 Å². The molecule has 0 aromatic heterocycles. The van der Waals surface area contributed by atoms with Gasteiger partial charge in [0.25, 0.3) is 0 Å². The van der Waals surface area contributed by atoms with Crippen LogP contribution in [-0.4, -0.2) is 95.4 Å². The van der Waals surface area contributed by atoms with Crippen molar-refractivity contribution in [2.24, 2.45) is 0 Å². The number of hydrogen-bond donors (Lipinski definition) is 2. The summed E-state index contributed by atoms with van der Waals surface area (Å²) in [5.74, 6) is -1.86. The summed E-state index contributed by atoms with van der Waals surface area (Å²) < 4.78 is 11.9. The van der Waals surface area contributed by atoms with E-state index in [9.17, 15) is 30.0 Å². The second-order valence-electron chi connectivity index (χ2n) is 16.3. The van der Waals surface area contributed by atoms with Crippen LogP contribution in [0.2, 0.25) is 0 Å². The summed E-state index contributed by atoms with van der Waals surface area (Å²) in [7, 11) is 0. The van der Waals surface area contributed by atoms with Crippen molar-refractivity contribution in [1.29, 1.82) is 0 Å². The third-order valence-corrected chi connectivity index (χ3v) is 11.0. The van der Waals surface area contributed by atoms with Crippen LogP contribution in [0, 0.1) is 0 Å². The molecule has 2 N–H and O–H groups in total. The van der Waals surface area contributed by atoms with Crippen LogP contribution in [0.4, 0.5) is 0 Å². The number of carbonyl (C=O) groups is 2. The van der Waals surface area contributed by atoms with Gasteiger partial charge in [0, 0.05) is 11.9 Å². The molecule has 0 heterocycles. The van der Waals surface area contributed by atoms with Gasteiger partial charge in [0.15, 0.2) is 0 Å². The summed E-state index contributed by atoms with van der Waals surface area (Å²) in [6.45, 7) is 5.46. The monoisotopic (exact) mass is 949 g/mol. The van der Waals surface area contributed by atoms with E-state index >= 15 is 0 Å². The number of carboxylic acid groups (broad SMARTS) is 2. The third kappa shape index (κ3) is 38.2. The molecule has 2 rings (SSSR count). The van der Waals surface area contributed by atoms with Gasteiger partial charge in [-0.05, 0) is 75.3 Å². The van der Waals surface area contributed by atoms with Gasteiger partial charge in [-0.3, -0.25) is 0 Å². The van der Waals surface area contributed by atoms with Crippen molar-refractivity contribution in [1.82, 2.24) is 0 Å². The fourth-order valence-corrected chi connectivity index (χ4v) is 7.25. The number of ether oxygens (including phenoxy) is 2. The maximum Gasteiger partial charge on any atom is 2.00 e. The van der Waals surface area contributed by atoms with Crippen LogP contribution in [0.1, 0.15) is 205 Å². The molecule has 4 atom stereocenters. The van der Waals surface area contributed by atoms with E-state index in [0.29, 0.717) is 13.2 Å². The molecule has 0 aliphatic carbocycles. The maximum atomic E-state index is 10.3. The molecular formula is C50H82BaO8. The van der Waals surface area contributed by atoms with Crippen molar-refractivity contribution in [3.05, 3.63) is 71.8 Å². The van der Waals surface area contributed by atoms with E-state index in [-0.39, 0.29) is 86.1 Å². The molecule has 332 valence electrons. The standard InChI is InChI=1S/2C25H42O4.Ba/c2*1-2-24(29-21-22-16-12-11-13-17-22)20-23(26)18-14-9-7-5-3-4-6-8-10-15-19-25(27)28;/h2*11-13,16-17,23-24,26H,2-10,14-15,18-21H2,1H3,(H,27,28);/q;;+2/p-2. The minimum atomic E-state index is -0.931. The fourth-order valence-electron chi connectivity index (χ4n) is 7.25. The zero-order valence-corrected chi connectivity index (χ0v) is 41.8. The second kappa shape index (κ2) is 42.1. The third-order valence-electron chi connectivity index (χ3n) is 11.0. The number of unbranched alkanes of at least 4 members (excludes halogenated alkanes) is 18. The van der Waals surface area contributed by atoms with E-state index in [4.69, 9.17) is 9.47 Å². The van der Waals surface area contributed by atoms with Crippen molar-refractivity contribution < 1.29 is 39.5 Å². The first-order valence-electron chi connectivity index (χ1n) is 23.3. The largest absolute Gasteiger partial charge is 2.00 e. The van der Waals surface area contributed by atoms with Gasteiger partial charge < -0.3 is 39.5 Å². The number of aliphatic hydroxyl groups excluding tert-OH is 2. The molecule has 0 aliphatic rings. The average Bonchev–Trinajstić information content (AvgIpc) is 3.22. The quantitative estimate of drug-likeness (QED) is 0.0501. The Labute approximate surface area is 400 Å². The number of carbonyl (C=O) groups excluding carboxylic acids is 2. The van der Waals surface area contributed by atoms with Crippen LogP contribution in [0.15, 0.2) is 60.7 Å². The predicted molar refractivity (Wildman–Crippen MR) is 238 cm³/mol. The van der Waals surface area contributed by atoms with E-state index in [0.717, 1.165) is 89.9 Å². The van der Waals surface area contributed by atoms with Crippen LogP contribution in [0.5, 0.6) is 0 Å². The molecule has 0 saturated carbocycles. The van der Waals surface area contributed by atoms with E-state index < -0.39 is 11.9 Å². The molecule has 2 aromatic rings. The Kier molecular flexibility index (Phi) is 41.2. The molecular weight excluding hydrogens is 866 g/mol. The van der Waals surface area contributed by atoms with Gasteiger partial charge in [0.2, 0.25) is 0 Å². The number of aliphatic hydroxyl groups is 2. The van der Waals surface area contributed by atoms with Crippen molar-refractivity contribution >= 4 is 60.8 Å². The first-order chi connectivity index (χ1) is 28.2. The molecule has 9 heteroatoms. The number of carboxylic acids is 2. The van der Waals surface area contributed by atoms with Crippen molar-refractivity contribution in [2.75, 3.05) is 0 Å². The predicted octanol–water partition coefficient (Wildman–Crippen LogP) is 9.95. The van der Waals surface area contributed by atoms with Gasteiger partial charge in [0.05, 0.1) is 37.6 Å². The van der Waals surface area contributed by atoms with Gasteiger partial charge in [-0.1, -0.05) is 190 Å². The molecule has 59 heavy (non-hydrogen) atoms. The van der Waals surface area contributed by atoms with Gasteiger partial charge >= 0.3 is 48.9 Å². The summed E-state index contributed by atoms with van der Waals surface area (Å²) in [5.41, 5.74) is 2.36. The fraction of sp³-hybridized carbons (Fsp3) is 0.720. The normalized spacial score (nSPS) is 13.1. The van der Waals surface area contributed by atoms with E-state index in [1.807, 2.05) is 36.4 Å². The van der Waals surface area contributed by atoms with Gasteiger partial charge in [0.1, 0.15) is 0 Å². The number of benzene rings is 2. The second-order valence-corrected chi connectivity index (χ2v) is 16.3. The zero-order valence-electron chi connectivity index (χ0n) is 37.3. The molecule has 8 nitrogen and oxygen atoms in total. The zero-order chi connectivity index (χ0) is 42.3. The number of aliphatic carboxylic acids is 2. The summed E-state index contributed by atoms with van der Waals surface area (Å²) in [6.07, 6.45) is 27.8. The van der Waals surface area contributed by atoms with Crippen LogP contribution in [0.25, 0.3) is 0 Å². The van der Waals surface area contributed by atoms with E-state index in [2.05, 4.69) is 38.1 Å². The van der Waals surface area contributed by atoms with Crippen LogP contribution in [-0.2, 0) is 32.3 Å². The molecule has 0 bridgehead atoms. The van der Waals surface area contributed by atoms with Gasteiger partial charge in [-0.25, -0.2) is 0 Å². The molecule has 0 radical (unpaired) electrons. The van der Waals surface area contributed by atoms with E-state index in [1.54, 1.807) is 0 Å². The molecule has 2 aromatic carbocycles. The Hall–Kier alpha value is -1.21. The summed E-state index contributed by atoms with van der Waals surface area (Å²) >= 11 is 0. The average molecular weight is 949 g/mol. The van der Waals surface area contributed by atoms with Gasteiger partial charge in [-0.15, -0.1) is 0 Å². The minimum absolute atomic E-state index is 0. The summed E-state index contributed by atoms with van der Waals surface area (Å²) in [6, 6.07) is 20.4. The molecule has 0 aliphatic heterocycles. The van der Waals surface area contributed by atoms with Crippen molar-refractivity contribution in [3.8, 4) is 0 Å². The Morgan fingerprint density at radius 2 is 0.746 bits per heavy atom. The summed E-state index contributed by atoms with van der Waals surface area (Å²) in [5, 5.41) is 41.2. The number of hydrogen-bond acceptors (Lipinski definition) is 8. The first kappa shape index (κ1) is 57.8. The maximum absolute atomic E-state index is 10.3. The summed E-state index contributed by atoms with van der Waals surface area (Å²) in [4.78, 5) is 20.6. The van der Waals surface area contributed by atoms with Crippen LogP contribution in [0.3, 0.4) is 0 Å². The van der Waals surface area contributed by atoms with Crippen LogP contribution < -0.4 is 10.2 Å². The first-order valence-corrected chi connectivity index (χ1v) is 23.3. The van der Waals surface area contributed by atoms with Crippen LogP contribution >= 0.6 is 0 Å². The molecule has 0 saturated heterocycles. The Balaban J connectivity index is 0.00000112.